The molecule has 3 nitrogen and oxygen atoms in total. The Morgan fingerprint density at radius 2 is 2.06 bits per heavy atom. The van der Waals surface area contributed by atoms with E-state index in [4.69, 9.17) is 0 Å². The number of amides is 1. The van der Waals surface area contributed by atoms with Crippen LogP contribution in [0.5, 0.6) is 0 Å². The van der Waals surface area contributed by atoms with E-state index in [9.17, 15) is 4.79 Å². The highest BCUT2D eigenvalue weighted by Gasteiger charge is 2.04. The maximum Gasteiger partial charge on any atom is 0.246 e. The van der Waals surface area contributed by atoms with Crippen LogP contribution in [-0.2, 0) is 4.79 Å². The molecule has 0 unspecified atom stereocenters. The minimum Gasteiger partial charge on any atom is -0.353 e. The second kappa shape index (κ2) is 7.22. The van der Waals surface area contributed by atoms with Crippen LogP contribution in [0.15, 0.2) is 53.2 Å². The smallest absolute Gasteiger partial charge is 0.246 e. The molecule has 0 radical (unpaired) electrons. The van der Waals surface area contributed by atoms with Crippen LogP contribution in [0.25, 0.3) is 5.57 Å². The lowest BCUT2D eigenvalue weighted by atomic mass is 10.0. The highest BCUT2D eigenvalue weighted by molar-refractivity contribution is 5.96. The van der Waals surface area contributed by atoms with Crippen LogP contribution >= 0.6 is 0 Å². The van der Waals surface area contributed by atoms with E-state index in [-0.39, 0.29) is 5.91 Å². The summed E-state index contributed by atoms with van der Waals surface area (Å²) in [6, 6.07) is 9.78. The molecular weight excluding hydrogens is 224 g/mol. The number of nitrogens with one attached hydrogen (secondary N) is 1. The first-order chi connectivity index (χ1) is 8.69. The van der Waals surface area contributed by atoms with Gasteiger partial charge in [0.2, 0.25) is 5.91 Å². The predicted octanol–water partition coefficient (Wildman–Crippen LogP) is 2.81. The fraction of sp³-hybridized carbons (Fsp3) is 0.200. The monoisotopic (exact) mass is 242 g/mol. The molecule has 1 amide bonds. The molecule has 0 saturated heterocycles. The van der Waals surface area contributed by atoms with Crippen molar-refractivity contribution in [1.29, 1.82) is 0 Å². The predicted molar refractivity (Wildman–Crippen MR) is 76.4 cm³/mol. The summed E-state index contributed by atoms with van der Waals surface area (Å²) in [5, 5.41) is 2.76. The molecule has 0 aliphatic rings. The van der Waals surface area contributed by atoms with Gasteiger partial charge in [0.15, 0.2) is 0 Å². The fourth-order valence-corrected chi connectivity index (χ4v) is 1.52. The van der Waals surface area contributed by atoms with E-state index >= 15 is 0 Å². The minimum atomic E-state index is -0.0663. The summed E-state index contributed by atoms with van der Waals surface area (Å²) in [6.07, 6.45) is 3.47. The van der Waals surface area contributed by atoms with E-state index in [1.54, 1.807) is 13.1 Å². The summed E-state index contributed by atoms with van der Waals surface area (Å²) in [5.74, 6) is -0.0663. The molecule has 94 valence electrons. The number of allylic oxidation sites excluding steroid dienone is 2. The van der Waals surface area contributed by atoms with E-state index in [1.165, 1.54) is 0 Å². The zero-order valence-corrected chi connectivity index (χ0v) is 10.8. The molecule has 0 aromatic heterocycles. The number of aliphatic imine (C=N–C) groups is 1. The van der Waals surface area contributed by atoms with Crippen LogP contribution < -0.4 is 5.32 Å². The first kappa shape index (κ1) is 13.9. The average Bonchev–Trinajstić information content (AvgIpc) is 2.39. The molecule has 0 bridgehead atoms. The van der Waals surface area contributed by atoms with E-state index in [1.807, 2.05) is 43.3 Å². The Bertz CT molecular complexity index is 473. The molecule has 0 spiro atoms. The first-order valence-electron chi connectivity index (χ1n) is 5.87. The second-order valence-corrected chi connectivity index (χ2v) is 3.82. The summed E-state index contributed by atoms with van der Waals surface area (Å²) in [5.41, 5.74) is 2.53. The summed E-state index contributed by atoms with van der Waals surface area (Å²) in [4.78, 5) is 15.4. The molecule has 1 aromatic carbocycles. The molecule has 3 heteroatoms. The van der Waals surface area contributed by atoms with Crippen LogP contribution in [0.4, 0.5) is 0 Å². The van der Waals surface area contributed by atoms with Crippen molar-refractivity contribution >= 4 is 18.2 Å². The minimum absolute atomic E-state index is 0.0663. The number of carbonyl (C=O) groups excluding carboxylic acids is 1. The number of benzene rings is 1. The lowest BCUT2D eigenvalue weighted by Crippen LogP contribution is -2.23. The topological polar surface area (TPSA) is 41.5 Å². The normalized spacial score (nSPS) is 12.1. The molecule has 18 heavy (non-hydrogen) atoms. The van der Waals surface area contributed by atoms with Crippen molar-refractivity contribution in [3.63, 3.8) is 0 Å². The number of nitrogens with zero attached hydrogens (tertiary/aromatic N) is 1. The summed E-state index contributed by atoms with van der Waals surface area (Å²) >= 11 is 0. The van der Waals surface area contributed by atoms with Gasteiger partial charge < -0.3 is 5.32 Å². The van der Waals surface area contributed by atoms with Crippen LogP contribution in [0, 0.1) is 0 Å². The van der Waals surface area contributed by atoms with Crippen molar-refractivity contribution in [2.75, 3.05) is 6.54 Å². The van der Waals surface area contributed by atoms with E-state index in [0.29, 0.717) is 12.1 Å². The molecule has 0 aliphatic carbocycles. The van der Waals surface area contributed by atoms with E-state index in [0.717, 1.165) is 11.1 Å². The zero-order valence-electron chi connectivity index (χ0n) is 10.8. The third-order valence-corrected chi connectivity index (χ3v) is 2.40. The third kappa shape index (κ3) is 4.01. The van der Waals surface area contributed by atoms with Gasteiger partial charge in [0, 0.05) is 23.9 Å². The largest absolute Gasteiger partial charge is 0.353 e. The quantitative estimate of drug-likeness (QED) is 0.481. The molecule has 1 N–H and O–H groups in total. The van der Waals surface area contributed by atoms with Crippen molar-refractivity contribution in [3.8, 4) is 0 Å². The van der Waals surface area contributed by atoms with Gasteiger partial charge in [0.1, 0.15) is 0 Å². The van der Waals surface area contributed by atoms with Gasteiger partial charge in [-0.25, -0.2) is 0 Å². The Hall–Kier alpha value is -2.16. The van der Waals surface area contributed by atoms with Gasteiger partial charge >= 0.3 is 0 Å². The molecule has 0 heterocycles. The number of hydrogen-bond acceptors (Lipinski definition) is 2. The molecule has 1 aromatic rings. The molecular formula is C15H18N2O. The van der Waals surface area contributed by atoms with Crippen LogP contribution in [0.2, 0.25) is 0 Å². The number of rotatable bonds is 5. The van der Waals surface area contributed by atoms with Gasteiger partial charge in [-0.05, 0) is 32.2 Å². The van der Waals surface area contributed by atoms with Crippen LogP contribution in [0.3, 0.4) is 0 Å². The SMILES string of the molecule is C=N/C=C(\C=C(/C)C(=O)NCC)c1ccccc1. The number of carbonyl (C=O) groups is 1. The molecule has 0 atom stereocenters. The Labute approximate surface area is 108 Å². The maximum absolute atomic E-state index is 11.7. The summed E-state index contributed by atoms with van der Waals surface area (Å²) in [6.45, 7) is 7.75. The Morgan fingerprint density at radius 1 is 1.39 bits per heavy atom. The van der Waals surface area contributed by atoms with Crippen LogP contribution in [-0.4, -0.2) is 19.2 Å². The van der Waals surface area contributed by atoms with Crippen molar-refractivity contribution < 1.29 is 4.79 Å². The lowest BCUT2D eigenvalue weighted by molar-refractivity contribution is -0.117. The zero-order chi connectivity index (χ0) is 13.4. The van der Waals surface area contributed by atoms with Gasteiger partial charge in [-0.3, -0.25) is 9.79 Å². The fourth-order valence-electron chi connectivity index (χ4n) is 1.52. The number of likely N-dealkylation sites (N-methyl/N-ethyl adjacent to an activating group) is 1. The first-order valence-corrected chi connectivity index (χ1v) is 5.87. The van der Waals surface area contributed by atoms with E-state index < -0.39 is 0 Å². The van der Waals surface area contributed by atoms with Gasteiger partial charge in [0.25, 0.3) is 0 Å². The Morgan fingerprint density at radius 3 is 2.61 bits per heavy atom. The Kier molecular flexibility index (Phi) is 5.58. The number of hydrogen-bond donors (Lipinski definition) is 1. The van der Waals surface area contributed by atoms with Gasteiger partial charge in [-0.1, -0.05) is 30.3 Å². The summed E-state index contributed by atoms with van der Waals surface area (Å²) in [7, 11) is 0. The lowest BCUT2D eigenvalue weighted by Gasteiger charge is -2.05. The molecule has 0 fully saturated rings. The van der Waals surface area contributed by atoms with Gasteiger partial charge in [-0.2, -0.15) is 0 Å². The van der Waals surface area contributed by atoms with E-state index in [2.05, 4.69) is 17.0 Å². The second-order valence-electron chi connectivity index (χ2n) is 3.82. The average molecular weight is 242 g/mol. The van der Waals surface area contributed by atoms with Crippen molar-refractivity contribution in [3.05, 3.63) is 53.7 Å². The van der Waals surface area contributed by atoms with Crippen molar-refractivity contribution in [2.45, 2.75) is 13.8 Å². The van der Waals surface area contributed by atoms with Gasteiger partial charge in [-0.15, -0.1) is 0 Å². The van der Waals surface area contributed by atoms with Crippen molar-refractivity contribution in [1.82, 2.24) is 5.32 Å². The maximum atomic E-state index is 11.7. The highest BCUT2D eigenvalue weighted by atomic mass is 16.1. The molecule has 0 saturated carbocycles. The Balaban J connectivity index is 3.02. The highest BCUT2D eigenvalue weighted by Crippen LogP contribution is 2.17. The standard InChI is InChI=1S/C15H18N2O/c1-4-17-15(18)12(2)10-14(11-16-3)13-8-6-5-7-9-13/h5-11H,3-4H2,1-2H3,(H,17,18)/b12-10+,14-11+. The third-order valence-electron chi connectivity index (χ3n) is 2.40. The summed E-state index contributed by atoms with van der Waals surface area (Å²) < 4.78 is 0. The molecule has 0 aliphatic heterocycles. The van der Waals surface area contributed by atoms with Crippen molar-refractivity contribution in [2.24, 2.45) is 4.99 Å². The molecule has 1 rings (SSSR count). The van der Waals surface area contributed by atoms with Gasteiger partial charge in [0.05, 0.1) is 0 Å². The van der Waals surface area contributed by atoms with Crippen LogP contribution in [0.1, 0.15) is 19.4 Å².